The van der Waals surface area contributed by atoms with Gasteiger partial charge < -0.3 is 19.7 Å². The average molecular weight is 346 g/mol. The van der Waals surface area contributed by atoms with Crippen molar-refractivity contribution >= 4 is 22.8 Å². The number of aromatic amines is 1. The van der Waals surface area contributed by atoms with Gasteiger partial charge in [0.1, 0.15) is 11.5 Å². The molecule has 2 aromatic rings. The van der Waals surface area contributed by atoms with Crippen LogP contribution < -0.4 is 0 Å². The molecule has 2 aliphatic heterocycles. The maximum atomic E-state index is 13.6. The van der Waals surface area contributed by atoms with Crippen molar-refractivity contribution in [1.29, 1.82) is 0 Å². The monoisotopic (exact) mass is 346 g/mol. The number of aryl methyl sites for hydroxylation is 1. The summed E-state index contributed by atoms with van der Waals surface area (Å²) in [6, 6.07) is 4.49. The quantitative estimate of drug-likeness (QED) is 0.873. The Bertz CT molecular complexity index is 877. The largest absolute Gasteiger partial charge is 0.481 e. The predicted octanol–water partition coefficient (Wildman–Crippen LogP) is 2.18. The fraction of sp³-hybridized carbons (Fsp3) is 0.444. The first-order valence-corrected chi connectivity index (χ1v) is 8.30. The number of benzene rings is 1. The fourth-order valence-electron chi connectivity index (χ4n) is 4.11. The van der Waals surface area contributed by atoms with Crippen LogP contribution in [0.3, 0.4) is 0 Å². The lowest BCUT2D eigenvalue weighted by Gasteiger charge is -2.33. The molecule has 1 aromatic heterocycles. The van der Waals surface area contributed by atoms with Gasteiger partial charge in [-0.15, -0.1) is 0 Å². The van der Waals surface area contributed by atoms with E-state index in [1.807, 2.05) is 0 Å². The Morgan fingerprint density at radius 1 is 1.40 bits per heavy atom. The first-order valence-electron chi connectivity index (χ1n) is 8.30. The number of aromatic nitrogens is 1. The van der Waals surface area contributed by atoms with E-state index >= 15 is 0 Å². The van der Waals surface area contributed by atoms with Crippen LogP contribution in [0.15, 0.2) is 18.2 Å². The lowest BCUT2D eigenvalue weighted by atomic mass is 9.74. The number of H-pyrrole nitrogens is 1. The standard InChI is InChI=1S/C18H19FN2O4/c1-10-4-12(19)5-14-13(10)6-15(20-14)16(22)21-7-11-8-25-3-2-18(11,9-21)17(23)24/h4-6,11,20H,2-3,7-9H2,1H3,(H,23,24)/t11-,18+/m0/s1. The van der Waals surface area contributed by atoms with Crippen LogP contribution in [-0.4, -0.2) is 53.2 Å². The molecule has 132 valence electrons. The van der Waals surface area contributed by atoms with Crippen LogP contribution in [0.5, 0.6) is 0 Å². The molecule has 0 aliphatic carbocycles. The second-order valence-corrected chi connectivity index (χ2v) is 7.04. The van der Waals surface area contributed by atoms with Crippen LogP contribution in [-0.2, 0) is 9.53 Å². The highest BCUT2D eigenvalue weighted by Crippen LogP contribution is 2.43. The number of likely N-dealkylation sites (tertiary alicyclic amines) is 1. The topological polar surface area (TPSA) is 82.6 Å². The van der Waals surface area contributed by atoms with Gasteiger partial charge in [0.05, 0.1) is 12.0 Å². The van der Waals surface area contributed by atoms with Gasteiger partial charge >= 0.3 is 5.97 Å². The third-order valence-electron chi connectivity index (χ3n) is 5.56. The molecule has 7 heteroatoms. The normalized spacial score (nSPS) is 26.0. The highest BCUT2D eigenvalue weighted by atomic mass is 19.1. The van der Waals surface area contributed by atoms with Gasteiger partial charge in [-0.3, -0.25) is 9.59 Å². The van der Waals surface area contributed by atoms with Crippen LogP contribution in [0.4, 0.5) is 4.39 Å². The summed E-state index contributed by atoms with van der Waals surface area (Å²) in [5, 5.41) is 10.5. The number of hydrogen-bond donors (Lipinski definition) is 2. The molecule has 2 aliphatic rings. The van der Waals surface area contributed by atoms with E-state index < -0.39 is 11.4 Å². The minimum Gasteiger partial charge on any atom is -0.481 e. The molecular formula is C18H19FN2O4. The van der Waals surface area contributed by atoms with Gasteiger partial charge in [-0.05, 0) is 37.1 Å². The number of nitrogens with one attached hydrogen (secondary N) is 1. The molecule has 2 fully saturated rings. The molecule has 0 unspecified atom stereocenters. The minimum atomic E-state index is -0.929. The number of carboxylic acid groups (broad SMARTS) is 1. The molecule has 0 saturated carbocycles. The highest BCUT2D eigenvalue weighted by Gasteiger charge is 2.55. The number of rotatable bonds is 2. The molecule has 2 saturated heterocycles. The zero-order valence-corrected chi connectivity index (χ0v) is 13.8. The van der Waals surface area contributed by atoms with E-state index in [2.05, 4.69) is 4.98 Å². The SMILES string of the molecule is Cc1cc(F)cc2[nH]c(C(=O)N3C[C@H]4COCC[C@@]4(C(=O)O)C3)cc12. The van der Waals surface area contributed by atoms with Gasteiger partial charge in [0.25, 0.3) is 5.91 Å². The summed E-state index contributed by atoms with van der Waals surface area (Å²) in [5.74, 6) is -1.69. The van der Waals surface area contributed by atoms with Gasteiger partial charge in [0, 0.05) is 36.5 Å². The number of ether oxygens (including phenoxy) is 1. The Hall–Kier alpha value is -2.41. The van der Waals surface area contributed by atoms with Gasteiger partial charge in [-0.2, -0.15) is 0 Å². The summed E-state index contributed by atoms with van der Waals surface area (Å²) >= 11 is 0. The van der Waals surface area contributed by atoms with Crippen molar-refractivity contribution < 1.29 is 23.8 Å². The van der Waals surface area contributed by atoms with Gasteiger partial charge in [0.15, 0.2) is 0 Å². The Kier molecular flexibility index (Phi) is 3.57. The zero-order chi connectivity index (χ0) is 17.8. The van der Waals surface area contributed by atoms with Gasteiger partial charge in [-0.1, -0.05) is 0 Å². The molecule has 1 amide bonds. The van der Waals surface area contributed by atoms with Crippen LogP contribution in [0.1, 0.15) is 22.5 Å². The molecule has 0 radical (unpaired) electrons. The summed E-state index contributed by atoms with van der Waals surface area (Å²) in [7, 11) is 0. The first kappa shape index (κ1) is 16.1. The van der Waals surface area contributed by atoms with Crippen molar-refractivity contribution in [3.05, 3.63) is 35.3 Å². The Morgan fingerprint density at radius 3 is 2.92 bits per heavy atom. The summed E-state index contributed by atoms with van der Waals surface area (Å²) in [6.45, 7) is 3.07. The zero-order valence-electron chi connectivity index (χ0n) is 13.8. The molecule has 2 atom stereocenters. The van der Waals surface area contributed by atoms with E-state index in [-0.39, 0.29) is 24.2 Å². The Labute approximate surface area is 143 Å². The second-order valence-electron chi connectivity index (χ2n) is 7.04. The van der Waals surface area contributed by atoms with E-state index in [1.54, 1.807) is 17.9 Å². The molecular weight excluding hydrogens is 327 g/mol. The number of amides is 1. The van der Waals surface area contributed by atoms with Crippen molar-refractivity contribution in [2.75, 3.05) is 26.3 Å². The molecule has 4 rings (SSSR count). The molecule has 1 aromatic carbocycles. The second kappa shape index (κ2) is 5.56. The van der Waals surface area contributed by atoms with E-state index in [1.165, 1.54) is 12.1 Å². The summed E-state index contributed by atoms with van der Waals surface area (Å²) in [5.41, 5.74) is 0.732. The van der Waals surface area contributed by atoms with Crippen molar-refractivity contribution in [2.24, 2.45) is 11.3 Å². The summed E-state index contributed by atoms with van der Waals surface area (Å²) in [4.78, 5) is 29.3. The molecule has 6 nitrogen and oxygen atoms in total. The van der Waals surface area contributed by atoms with E-state index in [9.17, 15) is 19.1 Å². The van der Waals surface area contributed by atoms with Crippen molar-refractivity contribution in [2.45, 2.75) is 13.3 Å². The van der Waals surface area contributed by atoms with E-state index in [0.717, 1.165) is 10.9 Å². The maximum Gasteiger partial charge on any atom is 0.311 e. The van der Waals surface area contributed by atoms with Crippen LogP contribution in [0, 0.1) is 24.1 Å². The van der Waals surface area contributed by atoms with Crippen molar-refractivity contribution in [1.82, 2.24) is 9.88 Å². The fourth-order valence-corrected chi connectivity index (χ4v) is 4.11. The number of carbonyl (C=O) groups is 2. The number of halogens is 1. The maximum absolute atomic E-state index is 13.6. The lowest BCUT2D eigenvalue weighted by Crippen LogP contribution is -2.45. The number of carboxylic acids is 1. The number of nitrogens with zero attached hydrogens (tertiary/aromatic N) is 1. The molecule has 25 heavy (non-hydrogen) atoms. The third kappa shape index (κ3) is 2.41. The molecule has 3 heterocycles. The minimum absolute atomic E-state index is 0.178. The Balaban J connectivity index is 1.66. The first-order chi connectivity index (χ1) is 11.9. The van der Waals surface area contributed by atoms with Crippen molar-refractivity contribution in [3.8, 4) is 0 Å². The number of aliphatic carboxylic acids is 1. The third-order valence-corrected chi connectivity index (χ3v) is 5.56. The van der Waals surface area contributed by atoms with Crippen LogP contribution in [0.25, 0.3) is 10.9 Å². The Morgan fingerprint density at radius 2 is 2.20 bits per heavy atom. The van der Waals surface area contributed by atoms with Gasteiger partial charge in [0.2, 0.25) is 0 Å². The van der Waals surface area contributed by atoms with Crippen LogP contribution >= 0.6 is 0 Å². The van der Waals surface area contributed by atoms with Crippen LogP contribution in [0.2, 0.25) is 0 Å². The molecule has 2 N–H and O–H groups in total. The predicted molar refractivity (Wildman–Crippen MR) is 87.9 cm³/mol. The van der Waals surface area contributed by atoms with Gasteiger partial charge in [-0.25, -0.2) is 4.39 Å². The lowest BCUT2D eigenvalue weighted by molar-refractivity contribution is -0.157. The van der Waals surface area contributed by atoms with Crippen molar-refractivity contribution in [3.63, 3.8) is 0 Å². The number of fused-ring (bicyclic) bond motifs is 2. The highest BCUT2D eigenvalue weighted by molar-refractivity contribution is 5.99. The summed E-state index contributed by atoms with van der Waals surface area (Å²) < 4.78 is 19.0. The van der Waals surface area contributed by atoms with E-state index in [0.29, 0.717) is 37.4 Å². The van der Waals surface area contributed by atoms with E-state index in [4.69, 9.17) is 4.74 Å². The molecule has 0 spiro atoms. The number of hydrogen-bond acceptors (Lipinski definition) is 3. The average Bonchev–Trinajstić information content (AvgIpc) is 3.16. The summed E-state index contributed by atoms with van der Waals surface area (Å²) in [6.07, 6.45) is 0.411. The smallest absolute Gasteiger partial charge is 0.311 e. The number of carbonyl (C=O) groups excluding carboxylic acids is 1. The molecule has 0 bridgehead atoms.